The molecule has 0 aromatic heterocycles. The molecule has 0 spiro atoms. The van der Waals surface area contributed by atoms with Crippen LogP contribution >= 0.6 is 0 Å². The van der Waals surface area contributed by atoms with Crippen molar-refractivity contribution in [3.63, 3.8) is 0 Å². The summed E-state index contributed by atoms with van der Waals surface area (Å²) in [6.45, 7) is 4.58. The molecule has 2 saturated carbocycles. The second-order valence-electron chi connectivity index (χ2n) is 9.85. The van der Waals surface area contributed by atoms with E-state index in [4.69, 9.17) is 0 Å². The third-order valence-electron chi connectivity index (χ3n) is 8.02. The van der Waals surface area contributed by atoms with E-state index in [1.54, 1.807) is 0 Å². The van der Waals surface area contributed by atoms with E-state index in [1.165, 1.54) is 81.8 Å². The van der Waals surface area contributed by atoms with Gasteiger partial charge in [-0.1, -0.05) is 83.1 Å². The van der Waals surface area contributed by atoms with Crippen molar-refractivity contribution in [2.45, 2.75) is 110 Å². The molecule has 0 atom stereocenters. The lowest BCUT2D eigenvalue weighted by Crippen LogP contribution is -2.25. The zero-order chi connectivity index (χ0) is 19.8. The minimum Gasteiger partial charge on any atom is -0.198 e. The predicted molar refractivity (Wildman–Crippen MR) is 119 cm³/mol. The lowest BCUT2D eigenvalue weighted by Gasteiger charge is -2.35. The highest BCUT2D eigenvalue weighted by Gasteiger charge is 2.35. The first-order valence-electron chi connectivity index (χ1n) is 12.2. The molecule has 0 bridgehead atoms. The molecule has 0 unspecified atom stereocenters. The van der Waals surface area contributed by atoms with Gasteiger partial charge in [-0.25, -0.2) is 0 Å². The number of aryl methyl sites for hydroxylation is 1. The van der Waals surface area contributed by atoms with Crippen molar-refractivity contribution in [1.29, 1.82) is 5.26 Å². The fourth-order valence-corrected chi connectivity index (χ4v) is 5.69. The van der Waals surface area contributed by atoms with Gasteiger partial charge in [-0.2, -0.15) is 5.26 Å². The van der Waals surface area contributed by atoms with Crippen LogP contribution in [0.3, 0.4) is 0 Å². The molecule has 2 aliphatic carbocycles. The molecule has 1 nitrogen and oxygen atoms in total. The lowest BCUT2D eigenvalue weighted by atomic mass is 9.67. The molecule has 2 aliphatic rings. The molecule has 1 heteroatoms. The third-order valence-corrected chi connectivity index (χ3v) is 8.02. The molecule has 3 rings (SSSR count). The van der Waals surface area contributed by atoms with Crippen LogP contribution in [0, 0.1) is 28.6 Å². The Balaban J connectivity index is 1.45. The lowest BCUT2D eigenvalue weighted by molar-refractivity contribution is 0.224. The summed E-state index contributed by atoms with van der Waals surface area (Å²) in [5.41, 5.74) is 3.00. The highest BCUT2D eigenvalue weighted by molar-refractivity contribution is 5.26. The van der Waals surface area contributed by atoms with Crippen LogP contribution in [0.25, 0.3) is 0 Å². The smallest absolute Gasteiger partial charge is 0.0689 e. The molecule has 0 saturated heterocycles. The van der Waals surface area contributed by atoms with E-state index in [9.17, 15) is 5.26 Å². The maximum absolute atomic E-state index is 9.71. The Labute approximate surface area is 173 Å². The number of nitrogens with zero attached hydrogens (tertiary/aromatic N) is 1. The van der Waals surface area contributed by atoms with Crippen molar-refractivity contribution in [2.75, 3.05) is 0 Å². The van der Waals surface area contributed by atoms with Gasteiger partial charge in [0, 0.05) is 0 Å². The fraction of sp³-hybridized carbons (Fsp3) is 0.741. The molecule has 0 N–H and O–H groups in total. The number of unbranched alkanes of at least 4 members (excludes halogenated alkanes) is 1. The summed E-state index contributed by atoms with van der Waals surface area (Å²) in [5.74, 6) is 2.64. The van der Waals surface area contributed by atoms with Gasteiger partial charge >= 0.3 is 0 Å². The van der Waals surface area contributed by atoms with Crippen LogP contribution in [0.1, 0.15) is 114 Å². The van der Waals surface area contributed by atoms with E-state index < -0.39 is 0 Å². The Kier molecular flexibility index (Phi) is 8.01. The topological polar surface area (TPSA) is 23.8 Å². The maximum Gasteiger partial charge on any atom is 0.0689 e. The van der Waals surface area contributed by atoms with Crippen molar-refractivity contribution in [1.82, 2.24) is 0 Å². The first kappa shape index (κ1) is 21.4. The van der Waals surface area contributed by atoms with Crippen molar-refractivity contribution in [3.8, 4) is 6.07 Å². The molecular formula is C27H41N. The summed E-state index contributed by atoms with van der Waals surface area (Å²) in [5, 5.41) is 9.71. The number of hydrogen-bond acceptors (Lipinski definition) is 1. The second kappa shape index (κ2) is 10.5. The van der Waals surface area contributed by atoms with E-state index in [-0.39, 0.29) is 5.41 Å². The summed E-state index contributed by atoms with van der Waals surface area (Å²) < 4.78 is 0. The molecule has 2 fully saturated rings. The summed E-state index contributed by atoms with van der Waals surface area (Å²) in [7, 11) is 0. The van der Waals surface area contributed by atoms with Crippen molar-refractivity contribution >= 4 is 0 Å². The Hall–Kier alpha value is -1.29. The SMILES string of the molecule is CCCCC1(C#N)CCC(c2ccc(CC[C@H]3CC[C@H](CC)CC3)cc2)CC1. The van der Waals surface area contributed by atoms with E-state index in [0.29, 0.717) is 5.92 Å². The number of hydrogen-bond donors (Lipinski definition) is 0. The molecule has 28 heavy (non-hydrogen) atoms. The van der Waals surface area contributed by atoms with Gasteiger partial charge in [-0.05, 0) is 73.8 Å². The first-order chi connectivity index (χ1) is 13.7. The summed E-state index contributed by atoms with van der Waals surface area (Å²) in [4.78, 5) is 0. The molecule has 1 aromatic rings. The highest BCUT2D eigenvalue weighted by Crippen LogP contribution is 2.45. The maximum atomic E-state index is 9.71. The summed E-state index contributed by atoms with van der Waals surface area (Å²) >= 11 is 0. The Morgan fingerprint density at radius 2 is 1.57 bits per heavy atom. The van der Waals surface area contributed by atoms with Gasteiger partial charge in [-0.3, -0.25) is 0 Å². The van der Waals surface area contributed by atoms with Crippen molar-refractivity contribution in [3.05, 3.63) is 35.4 Å². The van der Waals surface area contributed by atoms with E-state index in [2.05, 4.69) is 44.2 Å². The Morgan fingerprint density at radius 1 is 0.929 bits per heavy atom. The van der Waals surface area contributed by atoms with Crippen LogP contribution in [0.5, 0.6) is 0 Å². The van der Waals surface area contributed by atoms with E-state index >= 15 is 0 Å². The molecular weight excluding hydrogens is 338 g/mol. The minimum atomic E-state index is -0.0246. The van der Waals surface area contributed by atoms with Gasteiger partial charge < -0.3 is 0 Å². The summed E-state index contributed by atoms with van der Waals surface area (Å²) in [6.07, 6.45) is 17.9. The van der Waals surface area contributed by atoms with Crippen LogP contribution in [-0.4, -0.2) is 0 Å². The van der Waals surface area contributed by atoms with Crippen LogP contribution in [0.15, 0.2) is 24.3 Å². The average molecular weight is 380 g/mol. The van der Waals surface area contributed by atoms with Gasteiger partial charge in [0.1, 0.15) is 0 Å². The normalized spacial score (nSPS) is 30.7. The van der Waals surface area contributed by atoms with E-state index in [1.807, 2.05) is 0 Å². The quantitative estimate of drug-likeness (QED) is 0.446. The van der Waals surface area contributed by atoms with Crippen molar-refractivity contribution in [2.24, 2.45) is 17.3 Å². The zero-order valence-electron chi connectivity index (χ0n) is 18.4. The van der Waals surface area contributed by atoms with Crippen molar-refractivity contribution < 1.29 is 0 Å². The largest absolute Gasteiger partial charge is 0.198 e. The molecule has 0 radical (unpaired) electrons. The Bertz CT molecular complexity index is 607. The van der Waals surface area contributed by atoms with Crippen LogP contribution in [0.4, 0.5) is 0 Å². The van der Waals surface area contributed by atoms with Gasteiger partial charge in [0.15, 0.2) is 0 Å². The minimum absolute atomic E-state index is 0.0246. The summed E-state index contributed by atoms with van der Waals surface area (Å²) in [6, 6.07) is 12.2. The Morgan fingerprint density at radius 3 is 2.14 bits per heavy atom. The van der Waals surface area contributed by atoms with Crippen LogP contribution < -0.4 is 0 Å². The van der Waals surface area contributed by atoms with Gasteiger partial charge in [0.25, 0.3) is 0 Å². The van der Waals surface area contributed by atoms with E-state index in [0.717, 1.165) is 31.1 Å². The fourth-order valence-electron chi connectivity index (χ4n) is 5.69. The van der Waals surface area contributed by atoms with Crippen LogP contribution in [0.2, 0.25) is 0 Å². The number of benzene rings is 1. The average Bonchev–Trinajstić information content (AvgIpc) is 2.77. The molecule has 1 aromatic carbocycles. The number of nitriles is 1. The molecule has 0 heterocycles. The zero-order valence-corrected chi connectivity index (χ0v) is 18.4. The molecule has 154 valence electrons. The number of rotatable bonds is 8. The highest BCUT2D eigenvalue weighted by atomic mass is 14.4. The van der Waals surface area contributed by atoms with Gasteiger partial charge in [0.2, 0.25) is 0 Å². The molecule has 0 aliphatic heterocycles. The monoisotopic (exact) mass is 379 g/mol. The van der Waals surface area contributed by atoms with Gasteiger partial charge in [-0.15, -0.1) is 0 Å². The first-order valence-corrected chi connectivity index (χ1v) is 12.2. The standard InChI is InChI=1S/C27H41N/c1-3-5-18-27(21-28)19-16-26(17-20-27)25-14-12-24(13-15-25)11-10-23-8-6-22(4-2)7-9-23/h12-15,22-23,26H,3-11,16-20H2,1-2H3/t22-,23-,26?,27?. The van der Waals surface area contributed by atoms with Crippen LogP contribution in [-0.2, 0) is 6.42 Å². The second-order valence-corrected chi connectivity index (χ2v) is 9.85. The predicted octanol–water partition coefficient (Wildman–Crippen LogP) is 8.19. The van der Waals surface area contributed by atoms with Gasteiger partial charge in [0.05, 0.1) is 11.5 Å². The molecule has 0 amide bonds. The third kappa shape index (κ3) is 5.62.